The van der Waals surface area contributed by atoms with E-state index in [-0.39, 0.29) is 12.7 Å². The Morgan fingerprint density at radius 3 is 2.65 bits per heavy atom. The van der Waals surface area contributed by atoms with Gasteiger partial charge in [0.15, 0.2) is 17.6 Å². The van der Waals surface area contributed by atoms with Crippen molar-refractivity contribution in [2.75, 3.05) is 6.79 Å². The third-order valence-electron chi connectivity index (χ3n) is 3.98. The first kappa shape index (κ1) is 16.1. The van der Waals surface area contributed by atoms with Crippen LogP contribution in [0.4, 0.5) is 0 Å². The Morgan fingerprint density at radius 1 is 1.08 bits per heavy atom. The van der Waals surface area contributed by atoms with Crippen LogP contribution in [0.25, 0.3) is 11.5 Å². The lowest BCUT2D eigenvalue weighted by atomic mass is 10.1. The molecule has 1 aliphatic heterocycles. The second kappa shape index (κ2) is 6.51. The van der Waals surface area contributed by atoms with Gasteiger partial charge in [-0.2, -0.15) is 0 Å². The van der Waals surface area contributed by atoms with E-state index in [1.54, 1.807) is 25.1 Å². The van der Waals surface area contributed by atoms with Crippen molar-refractivity contribution in [2.24, 2.45) is 0 Å². The standard InChI is InChI=1S/C19H16N2O5/c1-11-3-5-13(6-4-11)18-21-20-17(26-18)12(2)25-19(22)14-7-8-15-16(9-14)24-10-23-15/h3-9,12H,10H2,1-2H3/t12-/m1/s1. The summed E-state index contributed by atoms with van der Waals surface area (Å²) in [6, 6.07) is 12.6. The van der Waals surface area contributed by atoms with Gasteiger partial charge < -0.3 is 18.6 Å². The minimum Gasteiger partial charge on any atom is -0.454 e. The van der Waals surface area contributed by atoms with Crippen molar-refractivity contribution in [1.82, 2.24) is 10.2 Å². The van der Waals surface area contributed by atoms with Gasteiger partial charge in [0.05, 0.1) is 5.56 Å². The van der Waals surface area contributed by atoms with Gasteiger partial charge in [-0.1, -0.05) is 17.7 Å². The normalized spacial score (nSPS) is 13.5. The molecule has 132 valence electrons. The second-order valence-corrected chi connectivity index (χ2v) is 5.93. The zero-order valence-electron chi connectivity index (χ0n) is 14.3. The number of carbonyl (C=O) groups is 1. The molecule has 0 radical (unpaired) electrons. The molecule has 0 saturated heterocycles. The van der Waals surface area contributed by atoms with E-state index in [4.69, 9.17) is 18.6 Å². The van der Waals surface area contributed by atoms with Gasteiger partial charge in [0.25, 0.3) is 5.89 Å². The van der Waals surface area contributed by atoms with Crippen molar-refractivity contribution >= 4 is 5.97 Å². The second-order valence-electron chi connectivity index (χ2n) is 5.93. The van der Waals surface area contributed by atoms with Gasteiger partial charge in [0.2, 0.25) is 12.7 Å². The van der Waals surface area contributed by atoms with E-state index in [2.05, 4.69) is 10.2 Å². The van der Waals surface area contributed by atoms with Crippen LogP contribution in [-0.2, 0) is 4.74 Å². The fourth-order valence-corrected chi connectivity index (χ4v) is 2.51. The number of aromatic nitrogens is 2. The molecule has 2 aromatic carbocycles. The number of rotatable bonds is 4. The van der Waals surface area contributed by atoms with E-state index < -0.39 is 12.1 Å². The van der Waals surface area contributed by atoms with E-state index in [1.807, 2.05) is 31.2 Å². The highest BCUT2D eigenvalue weighted by Gasteiger charge is 2.22. The zero-order valence-corrected chi connectivity index (χ0v) is 14.3. The number of hydrogen-bond acceptors (Lipinski definition) is 7. The molecular weight excluding hydrogens is 336 g/mol. The van der Waals surface area contributed by atoms with Crippen molar-refractivity contribution in [3.63, 3.8) is 0 Å². The molecule has 0 saturated carbocycles. The van der Waals surface area contributed by atoms with Crippen LogP contribution in [0.2, 0.25) is 0 Å². The van der Waals surface area contributed by atoms with Gasteiger partial charge in [-0.25, -0.2) is 4.79 Å². The smallest absolute Gasteiger partial charge is 0.339 e. The Labute approximate surface area is 149 Å². The summed E-state index contributed by atoms with van der Waals surface area (Å²) in [4.78, 5) is 12.3. The monoisotopic (exact) mass is 352 g/mol. The molecule has 0 fully saturated rings. The van der Waals surface area contributed by atoms with Crippen LogP contribution in [0, 0.1) is 6.92 Å². The highest BCUT2D eigenvalue weighted by molar-refractivity contribution is 5.90. The van der Waals surface area contributed by atoms with Gasteiger partial charge in [-0.05, 0) is 44.2 Å². The summed E-state index contributed by atoms with van der Waals surface area (Å²) < 4.78 is 21.6. The highest BCUT2D eigenvalue weighted by Crippen LogP contribution is 2.33. The molecule has 4 rings (SSSR count). The molecule has 7 nitrogen and oxygen atoms in total. The number of nitrogens with zero attached hydrogens (tertiary/aromatic N) is 2. The SMILES string of the molecule is Cc1ccc(-c2nnc([C@@H](C)OC(=O)c3ccc4c(c3)OCO4)o2)cc1. The molecule has 1 aromatic heterocycles. The molecule has 0 amide bonds. The summed E-state index contributed by atoms with van der Waals surface area (Å²) in [5.74, 6) is 1.23. The third kappa shape index (κ3) is 3.11. The topological polar surface area (TPSA) is 83.7 Å². The van der Waals surface area contributed by atoms with E-state index in [0.29, 0.717) is 23.0 Å². The predicted octanol–water partition coefficient (Wildman–Crippen LogP) is 3.69. The lowest BCUT2D eigenvalue weighted by Crippen LogP contribution is -2.09. The molecule has 26 heavy (non-hydrogen) atoms. The van der Waals surface area contributed by atoms with Crippen molar-refractivity contribution in [3.8, 4) is 23.0 Å². The summed E-state index contributed by atoms with van der Waals surface area (Å²) in [7, 11) is 0. The largest absolute Gasteiger partial charge is 0.454 e. The first-order valence-electron chi connectivity index (χ1n) is 8.11. The molecule has 0 spiro atoms. The zero-order chi connectivity index (χ0) is 18.1. The van der Waals surface area contributed by atoms with Crippen molar-refractivity contribution in [2.45, 2.75) is 20.0 Å². The average Bonchev–Trinajstić information content (AvgIpc) is 3.31. The highest BCUT2D eigenvalue weighted by atomic mass is 16.7. The molecule has 3 aromatic rings. The van der Waals surface area contributed by atoms with E-state index in [0.717, 1.165) is 11.1 Å². The Balaban J connectivity index is 1.47. The van der Waals surface area contributed by atoms with E-state index in [9.17, 15) is 4.79 Å². The Bertz CT molecular complexity index is 949. The maximum Gasteiger partial charge on any atom is 0.339 e. The van der Waals surface area contributed by atoms with Crippen LogP contribution in [0.5, 0.6) is 11.5 Å². The number of esters is 1. The molecule has 1 aliphatic rings. The number of fused-ring (bicyclic) bond motifs is 1. The molecule has 1 atom stereocenters. The number of benzene rings is 2. The van der Waals surface area contributed by atoms with E-state index in [1.165, 1.54) is 0 Å². The molecule has 0 N–H and O–H groups in total. The van der Waals surface area contributed by atoms with Crippen LogP contribution >= 0.6 is 0 Å². The minimum atomic E-state index is -0.681. The van der Waals surface area contributed by atoms with Crippen molar-refractivity contribution in [3.05, 3.63) is 59.5 Å². The fraction of sp³-hybridized carbons (Fsp3) is 0.211. The predicted molar refractivity (Wildman–Crippen MR) is 90.9 cm³/mol. The lowest BCUT2D eigenvalue weighted by Gasteiger charge is -2.09. The Morgan fingerprint density at radius 2 is 1.85 bits per heavy atom. The third-order valence-corrected chi connectivity index (χ3v) is 3.98. The summed E-state index contributed by atoms with van der Waals surface area (Å²) in [5, 5.41) is 8.00. The fourth-order valence-electron chi connectivity index (χ4n) is 2.51. The van der Waals surface area contributed by atoms with Crippen LogP contribution in [-0.4, -0.2) is 23.0 Å². The van der Waals surface area contributed by atoms with Gasteiger partial charge in [0, 0.05) is 5.56 Å². The maximum absolute atomic E-state index is 12.3. The van der Waals surface area contributed by atoms with Crippen LogP contribution in [0.15, 0.2) is 46.9 Å². The lowest BCUT2D eigenvalue weighted by molar-refractivity contribution is 0.0279. The van der Waals surface area contributed by atoms with E-state index >= 15 is 0 Å². The van der Waals surface area contributed by atoms with Gasteiger partial charge in [0.1, 0.15) is 0 Å². The average molecular weight is 352 g/mol. The first-order chi connectivity index (χ1) is 12.6. The van der Waals surface area contributed by atoms with Crippen LogP contribution in [0.1, 0.15) is 34.8 Å². The molecule has 2 heterocycles. The molecular formula is C19H16N2O5. The number of ether oxygens (including phenoxy) is 3. The summed E-state index contributed by atoms with van der Waals surface area (Å²) in [6.45, 7) is 3.83. The quantitative estimate of drug-likeness (QED) is 0.662. The summed E-state index contributed by atoms with van der Waals surface area (Å²) in [5.41, 5.74) is 2.31. The molecule has 0 unspecified atom stereocenters. The Kier molecular flexibility index (Phi) is 4.04. The number of aryl methyl sites for hydroxylation is 1. The molecule has 0 bridgehead atoms. The first-order valence-corrected chi connectivity index (χ1v) is 8.11. The molecule has 0 aliphatic carbocycles. The van der Waals surface area contributed by atoms with Crippen molar-refractivity contribution in [1.29, 1.82) is 0 Å². The van der Waals surface area contributed by atoms with Crippen LogP contribution in [0.3, 0.4) is 0 Å². The maximum atomic E-state index is 12.3. The van der Waals surface area contributed by atoms with Gasteiger partial charge in [-0.15, -0.1) is 10.2 Å². The van der Waals surface area contributed by atoms with Crippen LogP contribution < -0.4 is 9.47 Å². The number of hydrogen-bond donors (Lipinski definition) is 0. The van der Waals surface area contributed by atoms with Gasteiger partial charge >= 0.3 is 5.97 Å². The number of carbonyl (C=O) groups excluding carboxylic acids is 1. The summed E-state index contributed by atoms with van der Waals surface area (Å²) >= 11 is 0. The van der Waals surface area contributed by atoms with Crippen molar-refractivity contribution < 1.29 is 23.4 Å². The van der Waals surface area contributed by atoms with Gasteiger partial charge in [-0.3, -0.25) is 0 Å². The molecule has 7 heteroatoms. The Hall–Kier alpha value is -3.35. The minimum absolute atomic E-state index is 0.147. The summed E-state index contributed by atoms with van der Waals surface area (Å²) in [6.07, 6.45) is -0.681.